The summed E-state index contributed by atoms with van der Waals surface area (Å²) in [5.41, 5.74) is 5.98. The molecule has 0 unspecified atom stereocenters. The summed E-state index contributed by atoms with van der Waals surface area (Å²) in [6.07, 6.45) is -0.959. The van der Waals surface area contributed by atoms with Gasteiger partial charge in [0.15, 0.2) is 23.9 Å². The number of pyridine rings is 1. The van der Waals surface area contributed by atoms with E-state index in [2.05, 4.69) is 25.4 Å². The van der Waals surface area contributed by atoms with E-state index in [9.17, 15) is 42.6 Å². The number of carbonyl (C=O) groups excluding carboxylic acids is 3. The van der Waals surface area contributed by atoms with Gasteiger partial charge in [0.25, 0.3) is 11.8 Å². The van der Waals surface area contributed by atoms with Crippen LogP contribution in [0.3, 0.4) is 0 Å². The Labute approximate surface area is 346 Å². The first-order valence-corrected chi connectivity index (χ1v) is 19.7. The van der Waals surface area contributed by atoms with Gasteiger partial charge in [-0.3, -0.25) is 14.4 Å². The topological polar surface area (TPSA) is 218 Å². The Balaban J connectivity index is 0.978. The Kier molecular flexibility index (Phi) is 12.0. The van der Waals surface area contributed by atoms with Gasteiger partial charge in [0, 0.05) is 50.1 Å². The molecule has 17 nitrogen and oxygen atoms in total. The van der Waals surface area contributed by atoms with Gasteiger partial charge in [-0.15, -0.1) is 0 Å². The summed E-state index contributed by atoms with van der Waals surface area (Å²) in [6.45, 7) is 3.50. The van der Waals surface area contributed by atoms with Crippen LogP contribution in [0.4, 0.5) is 18.9 Å². The number of piperazine rings is 1. The molecule has 1 aromatic carbocycles. The van der Waals surface area contributed by atoms with Gasteiger partial charge in [0.1, 0.15) is 0 Å². The van der Waals surface area contributed by atoms with Gasteiger partial charge >= 0.3 is 12.1 Å². The standard InChI is InChI=1S/C39H43ClF3N11O6/c1-50-31(27-20-53(49-34(27)39(41,42)43)32-6-5-29-30(48-32)18-25(22-55)46-29)19-45-35(50)36(58)47-24-3-4-26(28(40)17-24)38(60)51-10-7-23(8-11-51)37(59)52-12-15-54(16-13-52,14-2-9-44)21-33(56)57/h3-6,17-20,23,55H,2,7-16,21-22,44H2,1H3,(H2-,46,47,48,56,57,58,60)/p+1. The second-order valence-corrected chi connectivity index (χ2v) is 15.6. The van der Waals surface area contributed by atoms with Crippen molar-refractivity contribution in [2.75, 3.05) is 64.2 Å². The fourth-order valence-corrected chi connectivity index (χ4v) is 8.28. The molecule has 7 rings (SSSR count). The third kappa shape index (κ3) is 8.72. The number of nitrogens with zero attached hydrogens (tertiary/aromatic N) is 8. The van der Waals surface area contributed by atoms with Gasteiger partial charge in [-0.2, -0.15) is 18.3 Å². The number of H-pyrrole nitrogens is 1. The predicted molar refractivity (Wildman–Crippen MR) is 212 cm³/mol. The number of anilines is 1. The maximum absolute atomic E-state index is 14.3. The molecule has 4 aromatic heterocycles. The number of aliphatic carboxylic acids is 1. The van der Waals surface area contributed by atoms with Crippen molar-refractivity contribution >= 4 is 52.0 Å². The van der Waals surface area contributed by atoms with E-state index in [4.69, 9.17) is 17.3 Å². The number of amides is 3. The molecule has 6 N–H and O–H groups in total. The van der Waals surface area contributed by atoms with E-state index in [0.29, 0.717) is 92.8 Å². The predicted octanol–water partition coefficient (Wildman–Crippen LogP) is 3.51. The molecule has 318 valence electrons. The van der Waals surface area contributed by atoms with Crippen LogP contribution in [-0.4, -0.2) is 136 Å². The van der Waals surface area contributed by atoms with E-state index in [1.165, 1.54) is 35.9 Å². The molecular formula is C39H44ClF3N11O6+. The number of fused-ring (bicyclic) bond motifs is 1. The Morgan fingerprint density at radius 3 is 2.43 bits per heavy atom. The lowest BCUT2D eigenvalue weighted by Crippen LogP contribution is -2.63. The molecule has 2 aliphatic rings. The van der Waals surface area contributed by atoms with Gasteiger partial charge < -0.3 is 45.1 Å². The number of aromatic nitrogens is 6. The van der Waals surface area contributed by atoms with E-state index < -0.39 is 23.7 Å². The number of carboxylic acids is 1. The number of aliphatic hydroxyl groups excluding tert-OH is 1. The minimum absolute atomic E-state index is 0.00398. The van der Waals surface area contributed by atoms with E-state index in [1.54, 1.807) is 21.9 Å². The van der Waals surface area contributed by atoms with Crippen molar-refractivity contribution in [3.05, 3.63) is 76.6 Å². The van der Waals surface area contributed by atoms with Crippen LogP contribution in [-0.2, 0) is 29.4 Å². The second-order valence-electron chi connectivity index (χ2n) is 15.2. The summed E-state index contributed by atoms with van der Waals surface area (Å²) in [5.74, 6) is -2.35. The Morgan fingerprint density at radius 1 is 1.05 bits per heavy atom. The van der Waals surface area contributed by atoms with Crippen LogP contribution in [0.5, 0.6) is 0 Å². The lowest BCUT2D eigenvalue weighted by Gasteiger charge is -2.45. The first kappa shape index (κ1) is 42.3. The van der Waals surface area contributed by atoms with Gasteiger partial charge in [-0.05, 0) is 55.8 Å². The number of nitrogens with two attached hydrogens (primary N) is 1. The van der Waals surface area contributed by atoms with Crippen LogP contribution >= 0.6 is 11.6 Å². The fourth-order valence-electron chi connectivity index (χ4n) is 8.02. The molecule has 6 heterocycles. The van der Waals surface area contributed by atoms with Crippen LogP contribution in [0, 0.1) is 5.92 Å². The van der Waals surface area contributed by atoms with Crippen LogP contribution in [0.1, 0.15) is 51.6 Å². The first-order valence-electron chi connectivity index (χ1n) is 19.3. The van der Waals surface area contributed by atoms with E-state index in [0.717, 1.165) is 17.1 Å². The number of quaternary nitrogens is 1. The van der Waals surface area contributed by atoms with Crippen LogP contribution in [0.15, 0.2) is 48.8 Å². The number of imidazole rings is 1. The summed E-state index contributed by atoms with van der Waals surface area (Å²) >= 11 is 6.55. The molecule has 0 radical (unpaired) electrons. The van der Waals surface area contributed by atoms with Crippen molar-refractivity contribution in [1.82, 2.24) is 39.1 Å². The number of likely N-dealkylation sites (tertiary alicyclic amines) is 1. The number of carboxylic acid groups (broad SMARTS) is 1. The lowest BCUT2D eigenvalue weighted by atomic mass is 9.94. The summed E-state index contributed by atoms with van der Waals surface area (Å²) in [5, 5.41) is 25.4. The fraction of sp³-hybridized carbons (Fsp3) is 0.410. The molecular weight excluding hydrogens is 811 g/mol. The highest BCUT2D eigenvalue weighted by Gasteiger charge is 2.40. The number of nitrogens with one attached hydrogen (secondary N) is 2. The SMILES string of the molecule is Cn1c(-c2cn(-c3ccc4[nH]c(CO)cc4n3)nc2C(F)(F)F)cnc1C(=O)Nc1ccc(C(=O)N2CCC(C(=O)N3CC[N+](CCCN)(CC(=O)O)CC3)CC2)c(Cl)c1. The van der Waals surface area contributed by atoms with Crippen molar-refractivity contribution in [3.63, 3.8) is 0 Å². The largest absolute Gasteiger partial charge is 0.477 e. The molecule has 5 aromatic rings. The number of carbonyl (C=O) groups is 4. The zero-order valence-electron chi connectivity index (χ0n) is 32.6. The van der Waals surface area contributed by atoms with Crippen molar-refractivity contribution in [3.8, 4) is 17.1 Å². The maximum atomic E-state index is 14.3. The van der Waals surface area contributed by atoms with Gasteiger partial charge in [0.05, 0.1) is 78.4 Å². The quantitative estimate of drug-likeness (QED) is 0.115. The second kappa shape index (κ2) is 17.0. The summed E-state index contributed by atoms with van der Waals surface area (Å²) < 4.78 is 45.4. The molecule has 2 fully saturated rings. The van der Waals surface area contributed by atoms with Crippen molar-refractivity contribution in [2.45, 2.75) is 32.0 Å². The van der Waals surface area contributed by atoms with Crippen LogP contribution < -0.4 is 11.1 Å². The van der Waals surface area contributed by atoms with E-state index in [1.807, 2.05) is 0 Å². The third-order valence-electron chi connectivity index (χ3n) is 11.3. The number of aromatic amines is 1. The van der Waals surface area contributed by atoms with Crippen molar-refractivity contribution in [2.24, 2.45) is 18.7 Å². The van der Waals surface area contributed by atoms with Crippen molar-refractivity contribution < 1.29 is 47.0 Å². The Bertz CT molecular complexity index is 2430. The lowest BCUT2D eigenvalue weighted by molar-refractivity contribution is -0.925. The van der Waals surface area contributed by atoms with Gasteiger partial charge in [0.2, 0.25) is 5.91 Å². The number of benzene rings is 1. The highest BCUT2D eigenvalue weighted by atomic mass is 35.5. The Morgan fingerprint density at radius 2 is 1.78 bits per heavy atom. The van der Waals surface area contributed by atoms with Crippen molar-refractivity contribution in [1.29, 1.82) is 0 Å². The molecule has 60 heavy (non-hydrogen) atoms. The summed E-state index contributed by atoms with van der Waals surface area (Å²) in [4.78, 5) is 66.8. The number of rotatable bonds is 12. The third-order valence-corrected chi connectivity index (χ3v) is 11.6. The molecule has 2 saturated heterocycles. The normalized spacial score (nSPS) is 16.1. The van der Waals surface area contributed by atoms with Gasteiger partial charge in [-0.25, -0.2) is 19.4 Å². The van der Waals surface area contributed by atoms with E-state index in [-0.39, 0.29) is 70.1 Å². The minimum atomic E-state index is -4.86. The number of alkyl halides is 3. The number of piperidine rings is 1. The molecule has 0 bridgehead atoms. The molecule has 2 aliphatic heterocycles. The molecule has 0 saturated carbocycles. The van der Waals surface area contributed by atoms with Crippen LogP contribution in [0.25, 0.3) is 28.1 Å². The Hall–Kier alpha value is -5.83. The zero-order chi connectivity index (χ0) is 42.9. The summed E-state index contributed by atoms with van der Waals surface area (Å²) in [6, 6.07) is 9.00. The first-order chi connectivity index (χ1) is 28.6. The molecule has 21 heteroatoms. The molecule has 0 atom stereocenters. The smallest absolute Gasteiger partial charge is 0.435 e. The molecule has 3 amide bonds. The number of aliphatic hydroxyl groups is 1. The highest BCUT2D eigenvalue weighted by molar-refractivity contribution is 6.34. The van der Waals surface area contributed by atoms with E-state index >= 15 is 0 Å². The number of halogens is 4. The summed E-state index contributed by atoms with van der Waals surface area (Å²) in [7, 11) is 1.39. The highest BCUT2D eigenvalue weighted by Crippen LogP contribution is 2.37. The number of hydrogen-bond acceptors (Lipinski definition) is 9. The monoisotopic (exact) mass is 854 g/mol. The van der Waals surface area contributed by atoms with Gasteiger partial charge in [-0.1, -0.05) is 11.6 Å². The average Bonchev–Trinajstić information content (AvgIpc) is 3.96. The number of hydrogen-bond donors (Lipinski definition) is 5. The average molecular weight is 855 g/mol. The maximum Gasteiger partial charge on any atom is 0.435 e. The minimum Gasteiger partial charge on any atom is -0.477 e. The molecule has 0 aliphatic carbocycles. The zero-order valence-corrected chi connectivity index (χ0v) is 33.3. The van der Waals surface area contributed by atoms with Crippen LogP contribution in [0.2, 0.25) is 5.02 Å². The molecule has 0 spiro atoms.